The number of hydrogen-bond acceptors (Lipinski definition) is 4. The molecule has 1 spiro atoms. The standard InChI is InChI=1S/C23H30N4O3/c1-25-16-23(15-20(25)22(29)27-10-12-30-13-11-27)6-8-26(9-7-23)21(28)19-14-17-4-2-3-5-18(17)24-19/h2-5,14,20,24H,6-13,15-16H2,1H3. The second-order valence-corrected chi connectivity index (χ2v) is 9.14. The molecule has 3 aliphatic rings. The van der Waals surface area contributed by atoms with Crippen molar-refractivity contribution in [3.05, 3.63) is 36.0 Å². The van der Waals surface area contributed by atoms with Gasteiger partial charge in [-0.15, -0.1) is 0 Å². The summed E-state index contributed by atoms with van der Waals surface area (Å²) < 4.78 is 5.39. The molecule has 0 bridgehead atoms. The van der Waals surface area contributed by atoms with E-state index in [0.717, 1.165) is 49.8 Å². The highest BCUT2D eigenvalue weighted by Gasteiger charge is 2.48. The van der Waals surface area contributed by atoms with Gasteiger partial charge in [0.15, 0.2) is 0 Å². The summed E-state index contributed by atoms with van der Waals surface area (Å²) in [4.78, 5) is 35.5. The van der Waals surface area contributed by atoms with Crippen LogP contribution in [0.3, 0.4) is 0 Å². The number of carbonyl (C=O) groups is 2. The van der Waals surface area contributed by atoms with Crippen LogP contribution in [0.2, 0.25) is 0 Å². The van der Waals surface area contributed by atoms with Gasteiger partial charge in [0.05, 0.1) is 19.3 Å². The van der Waals surface area contributed by atoms with E-state index < -0.39 is 0 Å². The third-order valence-corrected chi connectivity index (χ3v) is 7.22. The highest BCUT2D eigenvalue weighted by Crippen LogP contribution is 2.43. The number of ether oxygens (including phenoxy) is 1. The van der Waals surface area contributed by atoms with Crippen molar-refractivity contribution in [2.75, 3.05) is 53.0 Å². The molecule has 2 aromatic rings. The van der Waals surface area contributed by atoms with Gasteiger partial charge >= 0.3 is 0 Å². The van der Waals surface area contributed by atoms with Gasteiger partial charge in [-0.25, -0.2) is 0 Å². The summed E-state index contributed by atoms with van der Waals surface area (Å²) in [6.07, 6.45) is 2.81. The molecule has 5 rings (SSSR count). The van der Waals surface area contributed by atoms with Crippen molar-refractivity contribution < 1.29 is 14.3 Å². The molecule has 2 amide bonds. The lowest BCUT2D eigenvalue weighted by Gasteiger charge is -2.39. The van der Waals surface area contributed by atoms with Crippen LogP contribution in [0.25, 0.3) is 10.9 Å². The van der Waals surface area contributed by atoms with Gasteiger partial charge in [-0.3, -0.25) is 14.5 Å². The lowest BCUT2D eigenvalue weighted by molar-refractivity contribution is -0.139. The maximum Gasteiger partial charge on any atom is 0.270 e. The van der Waals surface area contributed by atoms with Crippen molar-refractivity contribution in [1.29, 1.82) is 0 Å². The molecule has 1 aromatic carbocycles. The average molecular weight is 411 g/mol. The number of aromatic amines is 1. The molecule has 160 valence electrons. The van der Waals surface area contributed by atoms with Crippen molar-refractivity contribution in [3.63, 3.8) is 0 Å². The van der Waals surface area contributed by atoms with Gasteiger partial charge in [0.25, 0.3) is 5.91 Å². The molecular formula is C23H30N4O3. The van der Waals surface area contributed by atoms with Crippen molar-refractivity contribution >= 4 is 22.7 Å². The van der Waals surface area contributed by atoms with Crippen molar-refractivity contribution in [1.82, 2.24) is 19.7 Å². The number of H-pyrrole nitrogens is 1. The Hall–Kier alpha value is -2.38. The maximum atomic E-state index is 13.0. The quantitative estimate of drug-likeness (QED) is 0.822. The Morgan fingerprint density at radius 1 is 1.07 bits per heavy atom. The zero-order valence-corrected chi connectivity index (χ0v) is 17.6. The number of carbonyl (C=O) groups excluding carboxylic acids is 2. The second kappa shape index (κ2) is 7.71. The normalized spacial score (nSPS) is 24.6. The molecule has 3 fully saturated rings. The highest BCUT2D eigenvalue weighted by molar-refractivity contribution is 5.98. The van der Waals surface area contributed by atoms with E-state index in [2.05, 4.69) is 16.9 Å². The number of nitrogens with zero attached hydrogens (tertiary/aromatic N) is 3. The van der Waals surface area contributed by atoms with E-state index in [1.807, 2.05) is 40.1 Å². The largest absolute Gasteiger partial charge is 0.378 e. The van der Waals surface area contributed by atoms with Gasteiger partial charge < -0.3 is 19.5 Å². The fourth-order valence-electron chi connectivity index (χ4n) is 5.45. The summed E-state index contributed by atoms with van der Waals surface area (Å²) in [5, 5.41) is 1.07. The van der Waals surface area contributed by atoms with Crippen LogP contribution in [0.4, 0.5) is 0 Å². The number of nitrogens with one attached hydrogen (secondary N) is 1. The van der Waals surface area contributed by atoms with Gasteiger partial charge in [0, 0.05) is 43.6 Å². The fourth-order valence-corrected chi connectivity index (χ4v) is 5.45. The van der Waals surface area contributed by atoms with Crippen LogP contribution in [-0.2, 0) is 9.53 Å². The number of aromatic nitrogens is 1. The highest BCUT2D eigenvalue weighted by atomic mass is 16.5. The topological polar surface area (TPSA) is 68.9 Å². The van der Waals surface area contributed by atoms with E-state index in [-0.39, 0.29) is 23.3 Å². The summed E-state index contributed by atoms with van der Waals surface area (Å²) in [6.45, 7) is 5.10. The van der Waals surface area contributed by atoms with Crippen LogP contribution in [0, 0.1) is 5.41 Å². The summed E-state index contributed by atoms with van der Waals surface area (Å²) in [6, 6.07) is 9.88. The number of para-hydroxylation sites is 1. The number of likely N-dealkylation sites (tertiary alicyclic amines) is 2. The van der Waals surface area contributed by atoms with Crippen LogP contribution in [0.5, 0.6) is 0 Å². The molecule has 30 heavy (non-hydrogen) atoms. The Labute approximate surface area is 176 Å². The SMILES string of the molecule is CN1CC2(CCN(C(=O)c3cc4ccccc4[nH]3)CC2)CC1C(=O)N1CCOCC1. The van der Waals surface area contributed by atoms with E-state index in [1.165, 1.54) is 0 Å². The third kappa shape index (κ3) is 3.50. The number of amides is 2. The first-order chi connectivity index (χ1) is 14.5. The molecule has 1 aromatic heterocycles. The second-order valence-electron chi connectivity index (χ2n) is 9.14. The number of rotatable bonds is 2. The Morgan fingerprint density at radius 2 is 1.80 bits per heavy atom. The van der Waals surface area contributed by atoms with Crippen LogP contribution < -0.4 is 0 Å². The van der Waals surface area contributed by atoms with E-state index in [0.29, 0.717) is 32.0 Å². The Bertz CT molecular complexity index is 908. The van der Waals surface area contributed by atoms with E-state index >= 15 is 0 Å². The van der Waals surface area contributed by atoms with Crippen LogP contribution in [0.1, 0.15) is 29.8 Å². The first-order valence-electron chi connectivity index (χ1n) is 11.0. The number of fused-ring (bicyclic) bond motifs is 1. The van der Waals surface area contributed by atoms with Crippen molar-refractivity contribution in [3.8, 4) is 0 Å². The Morgan fingerprint density at radius 3 is 2.53 bits per heavy atom. The van der Waals surface area contributed by atoms with Crippen LogP contribution in [-0.4, -0.2) is 90.5 Å². The summed E-state index contributed by atoms with van der Waals surface area (Å²) in [5.74, 6) is 0.322. The van der Waals surface area contributed by atoms with Crippen LogP contribution in [0.15, 0.2) is 30.3 Å². The number of piperidine rings is 1. The minimum Gasteiger partial charge on any atom is -0.378 e. The number of benzene rings is 1. The predicted molar refractivity (Wildman–Crippen MR) is 114 cm³/mol. The smallest absolute Gasteiger partial charge is 0.270 e. The molecule has 1 N–H and O–H groups in total. The van der Waals surface area contributed by atoms with E-state index in [1.54, 1.807) is 0 Å². The Kier molecular flexibility index (Phi) is 5.03. The lowest BCUT2D eigenvalue weighted by Crippen LogP contribution is -2.48. The van der Waals surface area contributed by atoms with E-state index in [4.69, 9.17) is 4.74 Å². The van der Waals surface area contributed by atoms with Crippen molar-refractivity contribution in [2.45, 2.75) is 25.3 Å². The van der Waals surface area contributed by atoms with Gasteiger partial charge in [-0.05, 0) is 43.9 Å². The van der Waals surface area contributed by atoms with E-state index in [9.17, 15) is 9.59 Å². The number of likely N-dealkylation sites (N-methyl/N-ethyl adjacent to an activating group) is 1. The van der Waals surface area contributed by atoms with Gasteiger partial charge in [0.2, 0.25) is 5.91 Å². The summed E-state index contributed by atoms with van der Waals surface area (Å²) in [7, 11) is 2.07. The summed E-state index contributed by atoms with van der Waals surface area (Å²) in [5.41, 5.74) is 1.80. The lowest BCUT2D eigenvalue weighted by atomic mass is 9.76. The fraction of sp³-hybridized carbons (Fsp3) is 0.565. The molecule has 3 saturated heterocycles. The number of hydrogen-bond donors (Lipinski definition) is 1. The molecule has 3 aliphatic heterocycles. The minimum atomic E-state index is -0.0425. The molecule has 0 aliphatic carbocycles. The third-order valence-electron chi connectivity index (χ3n) is 7.22. The average Bonchev–Trinajstić information content (AvgIpc) is 3.35. The first kappa shape index (κ1) is 19.6. The number of morpholine rings is 1. The molecule has 4 heterocycles. The maximum absolute atomic E-state index is 13.0. The molecule has 0 radical (unpaired) electrons. The zero-order valence-electron chi connectivity index (χ0n) is 17.6. The molecule has 0 saturated carbocycles. The van der Waals surface area contributed by atoms with Gasteiger partial charge in [-0.2, -0.15) is 0 Å². The molecule has 7 heteroatoms. The van der Waals surface area contributed by atoms with Crippen LogP contribution >= 0.6 is 0 Å². The molecule has 1 atom stereocenters. The minimum absolute atomic E-state index is 0.0425. The first-order valence-corrected chi connectivity index (χ1v) is 11.0. The summed E-state index contributed by atoms with van der Waals surface area (Å²) >= 11 is 0. The molecule has 7 nitrogen and oxygen atoms in total. The molecule has 1 unspecified atom stereocenters. The van der Waals surface area contributed by atoms with Crippen molar-refractivity contribution in [2.24, 2.45) is 5.41 Å². The predicted octanol–water partition coefficient (Wildman–Crippen LogP) is 1.95. The van der Waals surface area contributed by atoms with Gasteiger partial charge in [-0.1, -0.05) is 18.2 Å². The monoisotopic (exact) mass is 410 g/mol. The zero-order chi connectivity index (χ0) is 20.7. The molecular weight excluding hydrogens is 380 g/mol. The van der Waals surface area contributed by atoms with Gasteiger partial charge in [0.1, 0.15) is 5.69 Å². The Balaban J connectivity index is 1.23.